The topological polar surface area (TPSA) is 47.6 Å². The van der Waals surface area contributed by atoms with E-state index >= 15 is 0 Å². The first-order valence-electron chi connectivity index (χ1n) is 6.76. The van der Waals surface area contributed by atoms with Crippen LogP contribution in [0.5, 0.6) is 11.5 Å². The van der Waals surface area contributed by atoms with Gasteiger partial charge in [0.05, 0.1) is 5.70 Å². The second kappa shape index (κ2) is 4.02. The van der Waals surface area contributed by atoms with Crippen LogP contribution in [0, 0.1) is 0 Å². The number of Topliss-reactive ketones (excluding diaryl/α,β-unsaturated/α-hetero) is 1. The molecule has 0 bridgehead atoms. The summed E-state index contributed by atoms with van der Waals surface area (Å²) in [5, 5.41) is 3.30. The van der Waals surface area contributed by atoms with Crippen LogP contribution in [-0.2, 0) is 11.2 Å². The number of allylic oxidation sites excluding steroid dienone is 2. The van der Waals surface area contributed by atoms with Crippen LogP contribution in [0.4, 0.5) is 0 Å². The maximum Gasteiger partial charge on any atom is 0.231 e. The summed E-state index contributed by atoms with van der Waals surface area (Å²) in [4.78, 5) is 12.0. The summed E-state index contributed by atoms with van der Waals surface area (Å²) in [6.45, 7) is 1.10. The van der Waals surface area contributed by atoms with Crippen molar-refractivity contribution >= 4 is 11.4 Å². The van der Waals surface area contributed by atoms with Gasteiger partial charge in [-0.15, -0.1) is 0 Å². The Morgan fingerprint density at radius 3 is 2.79 bits per heavy atom. The molecule has 3 aliphatic rings. The first-order chi connectivity index (χ1) is 9.33. The lowest BCUT2D eigenvalue weighted by atomic mass is 9.88. The highest BCUT2D eigenvalue weighted by molar-refractivity contribution is 6.04. The quantitative estimate of drug-likeness (QED) is 0.772. The fraction of sp³-hybridized carbons (Fsp3) is 0.400. The van der Waals surface area contributed by atoms with Crippen LogP contribution in [0.25, 0.3) is 5.57 Å². The largest absolute Gasteiger partial charge is 0.454 e. The lowest BCUT2D eigenvalue weighted by Gasteiger charge is -2.19. The molecule has 1 N–H and O–H groups in total. The number of carbonyl (C=O) groups excluding carboxylic acids is 1. The minimum atomic E-state index is 0.242. The SMILES string of the molecule is O=C1CCCC2=C1NCCc1cc3c(cc12)OCO3. The van der Waals surface area contributed by atoms with E-state index in [1.165, 1.54) is 5.56 Å². The van der Waals surface area contributed by atoms with E-state index in [0.29, 0.717) is 13.2 Å². The van der Waals surface area contributed by atoms with E-state index in [-0.39, 0.29) is 5.78 Å². The Hall–Kier alpha value is -1.97. The minimum Gasteiger partial charge on any atom is -0.454 e. The molecule has 1 aliphatic carbocycles. The molecule has 98 valence electrons. The van der Waals surface area contributed by atoms with Crippen LogP contribution in [0.3, 0.4) is 0 Å². The number of ketones is 1. The summed E-state index contributed by atoms with van der Waals surface area (Å²) >= 11 is 0. The average molecular weight is 257 g/mol. The van der Waals surface area contributed by atoms with Gasteiger partial charge in [-0.25, -0.2) is 0 Å². The number of carbonyl (C=O) groups is 1. The van der Waals surface area contributed by atoms with E-state index in [9.17, 15) is 4.79 Å². The average Bonchev–Trinajstić information content (AvgIpc) is 2.78. The molecule has 0 amide bonds. The van der Waals surface area contributed by atoms with Crippen molar-refractivity contribution in [3.63, 3.8) is 0 Å². The molecule has 1 aromatic rings. The highest BCUT2D eigenvalue weighted by Crippen LogP contribution is 2.41. The maximum atomic E-state index is 12.0. The first kappa shape index (κ1) is 10.9. The van der Waals surface area contributed by atoms with Crippen molar-refractivity contribution in [1.29, 1.82) is 0 Å². The van der Waals surface area contributed by atoms with Gasteiger partial charge in [0, 0.05) is 13.0 Å². The number of hydrogen-bond donors (Lipinski definition) is 1. The first-order valence-corrected chi connectivity index (χ1v) is 6.76. The van der Waals surface area contributed by atoms with Crippen LogP contribution in [0.2, 0.25) is 0 Å². The van der Waals surface area contributed by atoms with Crippen LogP contribution in [-0.4, -0.2) is 19.1 Å². The molecule has 0 saturated heterocycles. The van der Waals surface area contributed by atoms with Gasteiger partial charge in [-0.3, -0.25) is 4.79 Å². The van der Waals surface area contributed by atoms with E-state index in [4.69, 9.17) is 9.47 Å². The number of fused-ring (bicyclic) bond motifs is 3. The Morgan fingerprint density at radius 1 is 1.05 bits per heavy atom. The third-order valence-corrected chi connectivity index (χ3v) is 4.03. The molecule has 2 heterocycles. The molecule has 0 radical (unpaired) electrons. The molecular formula is C15H15NO3. The molecular weight excluding hydrogens is 242 g/mol. The molecule has 1 aromatic carbocycles. The van der Waals surface area contributed by atoms with Gasteiger partial charge in [0.25, 0.3) is 0 Å². The second-order valence-corrected chi connectivity index (χ2v) is 5.17. The molecule has 0 aromatic heterocycles. The van der Waals surface area contributed by atoms with E-state index in [2.05, 4.69) is 11.4 Å². The van der Waals surface area contributed by atoms with Gasteiger partial charge in [0.15, 0.2) is 17.3 Å². The van der Waals surface area contributed by atoms with Crippen molar-refractivity contribution in [2.24, 2.45) is 0 Å². The normalized spacial score (nSPS) is 20.5. The van der Waals surface area contributed by atoms with E-state index in [1.54, 1.807) is 0 Å². The molecule has 0 saturated carbocycles. The lowest BCUT2D eigenvalue weighted by molar-refractivity contribution is -0.116. The summed E-state index contributed by atoms with van der Waals surface area (Å²) in [5.41, 5.74) is 4.39. The maximum absolute atomic E-state index is 12.0. The Kier molecular flexibility index (Phi) is 2.31. The van der Waals surface area contributed by atoms with Gasteiger partial charge < -0.3 is 14.8 Å². The molecule has 0 fully saturated rings. The third-order valence-electron chi connectivity index (χ3n) is 4.03. The summed E-state index contributed by atoms with van der Waals surface area (Å²) < 4.78 is 10.9. The van der Waals surface area contributed by atoms with Gasteiger partial charge in [0.2, 0.25) is 6.79 Å². The van der Waals surface area contributed by atoms with Crippen molar-refractivity contribution in [3.8, 4) is 11.5 Å². The van der Waals surface area contributed by atoms with Crippen molar-refractivity contribution in [3.05, 3.63) is 29.0 Å². The van der Waals surface area contributed by atoms with Crippen molar-refractivity contribution < 1.29 is 14.3 Å². The van der Waals surface area contributed by atoms with Gasteiger partial charge in [0.1, 0.15) is 0 Å². The Balaban J connectivity index is 1.91. The molecule has 19 heavy (non-hydrogen) atoms. The van der Waals surface area contributed by atoms with Gasteiger partial charge in [-0.2, -0.15) is 0 Å². The van der Waals surface area contributed by atoms with E-state index in [0.717, 1.165) is 54.1 Å². The summed E-state index contributed by atoms with van der Waals surface area (Å²) in [6.07, 6.45) is 3.46. The van der Waals surface area contributed by atoms with E-state index < -0.39 is 0 Å². The highest BCUT2D eigenvalue weighted by atomic mass is 16.7. The zero-order chi connectivity index (χ0) is 12.8. The van der Waals surface area contributed by atoms with Crippen molar-refractivity contribution in [1.82, 2.24) is 5.32 Å². The standard InChI is InChI=1S/C15H15NO3/c17-12-3-1-2-10-11-7-14-13(18-8-19-14)6-9(11)4-5-16-15(10)12/h6-7,16H,1-5,8H2. The van der Waals surface area contributed by atoms with E-state index in [1.807, 2.05) is 6.07 Å². The summed E-state index contributed by atoms with van der Waals surface area (Å²) in [7, 11) is 0. The third kappa shape index (κ3) is 1.63. The summed E-state index contributed by atoms with van der Waals surface area (Å²) in [6, 6.07) is 4.10. The molecule has 4 heteroatoms. The smallest absolute Gasteiger partial charge is 0.231 e. The Morgan fingerprint density at radius 2 is 1.89 bits per heavy atom. The van der Waals surface area contributed by atoms with Gasteiger partial charge in [-0.1, -0.05) is 0 Å². The van der Waals surface area contributed by atoms with Gasteiger partial charge >= 0.3 is 0 Å². The zero-order valence-corrected chi connectivity index (χ0v) is 10.6. The van der Waals surface area contributed by atoms with Gasteiger partial charge in [-0.05, 0) is 48.1 Å². The summed E-state index contributed by atoms with van der Waals surface area (Å²) in [5.74, 6) is 1.86. The molecule has 0 spiro atoms. The lowest BCUT2D eigenvalue weighted by Crippen LogP contribution is -2.24. The predicted octanol–water partition coefficient (Wildman–Crippen LogP) is 2.03. The zero-order valence-electron chi connectivity index (χ0n) is 10.6. The highest BCUT2D eigenvalue weighted by Gasteiger charge is 2.27. The number of ether oxygens (including phenoxy) is 2. The fourth-order valence-electron chi connectivity index (χ4n) is 3.11. The number of hydrogen-bond acceptors (Lipinski definition) is 4. The van der Waals surface area contributed by atoms with Crippen LogP contribution < -0.4 is 14.8 Å². The molecule has 4 rings (SSSR count). The number of nitrogens with one attached hydrogen (secondary N) is 1. The van der Waals surface area contributed by atoms with Crippen LogP contribution in [0.15, 0.2) is 17.8 Å². The van der Waals surface area contributed by atoms with Crippen molar-refractivity contribution in [2.45, 2.75) is 25.7 Å². The molecule has 2 aliphatic heterocycles. The number of rotatable bonds is 0. The van der Waals surface area contributed by atoms with Crippen LogP contribution in [0.1, 0.15) is 30.4 Å². The van der Waals surface area contributed by atoms with Crippen molar-refractivity contribution in [2.75, 3.05) is 13.3 Å². The van der Waals surface area contributed by atoms with Crippen LogP contribution >= 0.6 is 0 Å². The monoisotopic (exact) mass is 257 g/mol. The minimum absolute atomic E-state index is 0.242. The Labute approximate surface area is 111 Å². The molecule has 0 unspecified atom stereocenters. The predicted molar refractivity (Wildman–Crippen MR) is 70.0 cm³/mol. The molecule has 4 nitrogen and oxygen atoms in total. The fourth-order valence-corrected chi connectivity index (χ4v) is 3.11. The second-order valence-electron chi connectivity index (χ2n) is 5.17. The number of benzene rings is 1. The Bertz CT molecular complexity index is 604. The molecule has 0 atom stereocenters.